The third kappa shape index (κ3) is 2.60. The van der Waals surface area contributed by atoms with Gasteiger partial charge in [0.15, 0.2) is 6.29 Å². The molecule has 0 aliphatic heterocycles. The fourth-order valence-electron chi connectivity index (χ4n) is 2.45. The van der Waals surface area contributed by atoms with Gasteiger partial charge >= 0.3 is 0 Å². The molecule has 0 saturated carbocycles. The lowest BCUT2D eigenvalue weighted by molar-refractivity contribution is 0.112. The van der Waals surface area contributed by atoms with E-state index >= 15 is 0 Å². The van der Waals surface area contributed by atoms with Crippen LogP contribution in [0, 0.1) is 6.92 Å². The number of H-pyrrole nitrogens is 1. The van der Waals surface area contributed by atoms with Gasteiger partial charge < -0.3 is 4.98 Å². The maximum Gasteiger partial charge on any atom is 0.242 e. The number of rotatable bonds is 4. The molecule has 0 spiro atoms. The molecule has 5 nitrogen and oxygen atoms in total. The van der Waals surface area contributed by atoms with Crippen LogP contribution >= 0.6 is 11.3 Å². The molecule has 0 fully saturated rings. The first-order chi connectivity index (χ1) is 10.8. The van der Waals surface area contributed by atoms with Gasteiger partial charge in [-0.15, -0.1) is 11.3 Å². The van der Waals surface area contributed by atoms with Crippen molar-refractivity contribution in [2.75, 3.05) is 14.1 Å². The van der Waals surface area contributed by atoms with E-state index in [0.29, 0.717) is 10.9 Å². The Kier molecular flexibility index (Phi) is 3.87. The molecule has 23 heavy (non-hydrogen) atoms. The predicted octanol–water partition coefficient (Wildman–Crippen LogP) is 3.27. The average molecular weight is 348 g/mol. The first kappa shape index (κ1) is 15.9. The number of carbonyl (C=O) groups is 1. The topological polar surface area (TPSA) is 70.2 Å². The summed E-state index contributed by atoms with van der Waals surface area (Å²) in [5.41, 5.74) is 1.95. The minimum atomic E-state index is -3.54. The zero-order chi connectivity index (χ0) is 16.8. The third-order valence-electron chi connectivity index (χ3n) is 3.69. The van der Waals surface area contributed by atoms with Crippen molar-refractivity contribution in [2.45, 2.75) is 11.8 Å². The summed E-state index contributed by atoms with van der Waals surface area (Å²) >= 11 is 1.58. The molecule has 2 heterocycles. The molecule has 1 N–H and O–H groups in total. The molecule has 7 heteroatoms. The highest BCUT2D eigenvalue weighted by atomic mass is 32.2. The number of fused-ring (bicyclic) bond motifs is 1. The lowest BCUT2D eigenvalue weighted by Gasteiger charge is -2.11. The van der Waals surface area contributed by atoms with Crippen LogP contribution < -0.4 is 0 Å². The lowest BCUT2D eigenvalue weighted by Crippen LogP contribution is -2.22. The fourth-order valence-corrected chi connectivity index (χ4v) is 4.26. The third-order valence-corrected chi connectivity index (χ3v) is 6.52. The highest BCUT2D eigenvalue weighted by Gasteiger charge is 2.20. The fraction of sp³-hybridized carbons (Fsp3) is 0.188. The lowest BCUT2D eigenvalue weighted by atomic mass is 10.1. The normalized spacial score (nSPS) is 12.2. The highest BCUT2D eigenvalue weighted by molar-refractivity contribution is 7.89. The Hall–Kier alpha value is -1.96. The zero-order valence-electron chi connectivity index (χ0n) is 13.0. The molecule has 0 saturated heterocycles. The summed E-state index contributed by atoms with van der Waals surface area (Å²) in [6, 6.07) is 8.74. The highest BCUT2D eigenvalue weighted by Crippen LogP contribution is 2.34. The van der Waals surface area contributed by atoms with Gasteiger partial charge in [0, 0.05) is 35.4 Å². The first-order valence-corrected chi connectivity index (χ1v) is 9.20. The maximum atomic E-state index is 12.3. The van der Waals surface area contributed by atoms with Gasteiger partial charge in [0.25, 0.3) is 0 Å². The number of aryl methyl sites for hydroxylation is 1. The van der Waals surface area contributed by atoms with Gasteiger partial charge in [0.2, 0.25) is 10.0 Å². The molecular weight excluding hydrogens is 332 g/mol. The van der Waals surface area contributed by atoms with E-state index in [-0.39, 0.29) is 4.90 Å². The van der Waals surface area contributed by atoms with E-state index in [1.807, 2.05) is 19.1 Å². The Bertz CT molecular complexity index is 998. The van der Waals surface area contributed by atoms with Crippen LogP contribution in [-0.4, -0.2) is 38.1 Å². The molecule has 0 bridgehead atoms. The second-order valence-corrected chi connectivity index (χ2v) is 8.88. The van der Waals surface area contributed by atoms with Gasteiger partial charge in [-0.2, -0.15) is 0 Å². The summed E-state index contributed by atoms with van der Waals surface area (Å²) in [7, 11) is -0.572. The number of benzene rings is 1. The van der Waals surface area contributed by atoms with Crippen LogP contribution in [0.5, 0.6) is 0 Å². The summed E-state index contributed by atoms with van der Waals surface area (Å²) < 4.78 is 25.7. The monoisotopic (exact) mass is 348 g/mol. The molecule has 0 aliphatic rings. The largest absolute Gasteiger partial charge is 0.353 e. The summed E-state index contributed by atoms with van der Waals surface area (Å²) in [4.78, 5) is 17.1. The number of nitrogens with zero attached hydrogens (tertiary/aromatic N) is 1. The Morgan fingerprint density at radius 2 is 1.91 bits per heavy atom. The van der Waals surface area contributed by atoms with Crippen molar-refractivity contribution in [3.8, 4) is 10.6 Å². The van der Waals surface area contributed by atoms with E-state index < -0.39 is 10.0 Å². The first-order valence-electron chi connectivity index (χ1n) is 6.95. The number of sulfonamides is 1. The Morgan fingerprint density at radius 1 is 1.17 bits per heavy atom. The van der Waals surface area contributed by atoms with Crippen molar-refractivity contribution in [2.24, 2.45) is 0 Å². The molecule has 3 rings (SSSR count). The van der Waals surface area contributed by atoms with Gasteiger partial charge in [0.05, 0.1) is 15.5 Å². The second-order valence-electron chi connectivity index (χ2n) is 5.44. The van der Waals surface area contributed by atoms with Crippen LogP contribution in [0.4, 0.5) is 0 Å². The van der Waals surface area contributed by atoms with Crippen LogP contribution in [-0.2, 0) is 10.0 Å². The summed E-state index contributed by atoms with van der Waals surface area (Å²) in [5.74, 6) is 0. The number of thiophene rings is 1. The summed E-state index contributed by atoms with van der Waals surface area (Å²) in [6.07, 6.45) is 0.773. The predicted molar refractivity (Wildman–Crippen MR) is 92.6 cm³/mol. The van der Waals surface area contributed by atoms with Crippen molar-refractivity contribution in [1.29, 1.82) is 0 Å². The molecule has 2 aromatic heterocycles. The van der Waals surface area contributed by atoms with Crippen LogP contribution in [0.15, 0.2) is 35.2 Å². The quantitative estimate of drug-likeness (QED) is 0.736. The van der Waals surface area contributed by atoms with Gasteiger partial charge in [-0.05, 0) is 37.3 Å². The number of aromatic nitrogens is 1. The zero-order valence-corrected chi connectivity index (χ0v) is 14.6. The molecule has 120 valence electrons. The van der Waals surface area contributed by atoms with Crippen LogP contribution in [0.3, 0.4) is 0 Å². The average Bonchev–Trinajstić information content (AvgIpc) is 3.09. The van der Waals surface area contributed by atoms with Crippen LogP contribution in [0.1, 0.15) is 15.2 Å². The van der Waals surface area contributed by atoms with Gasteiger partial charge in [-0.25, -0.2) is 12.7 Å². The SMILES string of the molecule is Cc1ccc(-c2[nH]c3ccc(S(=O)(=O)N(C)C)cc3c2C=O)s1. The molecule has 0 radical (unpaired) electrons. The molecule has 0 unspecified atom stereocenters. The Balaban J connectivity index is 2.26. The number of hydrogen-bond donors (Lipinski definition) is 1. The minimum absolute atomic E-state index is 0.172. The second kappa shape index (κ2) is 5.59. The summed E-state index contributed by atoms with van der Waals surface area (Å²) in [5, 5.41) is 0.615. The molecule has 0 atom stereocenters. The van der Waals surface area contributed by atoms with Crippen molar-refractivity contribution in [3.63, 3.8) is 0 Å². The summed E-state index contributed by atoms with van der Waals surface area (Å²) in [6.45, 7) is 2.00. The molecule has 0 amide bonds. The molecule has 3 aromatic rings. The molecular formula is C16H16N2O3S2. The van der Waals surface area contributed by atoms with E-state index in [1.165, 1.54) is 14.1 Å². The van der Waals surface area contributed by atoms with Crippen molar-refractivity contribution < 1.29 is 13.2 Å². The number of carbonyl (C=O) groups excluding carboxylic acids is 1. The van der Waals surface area contributed by atoms with Crippen LogP contribution in [0.2, 0.25) is 0 Å². The van der Waals surface area contributed by atoms with E-state index in [9.17, 15) is 13.2 Å². The van der Waals surface area contributed by atoms with E-state index in [2.05, 4.69) is 4.98 Å². The van der Waals surface area contributed by atoms with Gasteiger partial charge in [-0.3, -0.25) is 4.79 Å². The number of aromatic amines is 1. The van der Waals surface area contributed by atoms with Crippen molar-refractivity contribution in [1.82, 2.24) is 9.29 Å². The van der Waals surface area contributed by atoms with Crippen molar-refractivity contribution in [3.05, 3.63) is 40.8 Å². The van der Waals surface area contributed by atoms with Crippen LogP contribution in [0.25, 0.3) is 21.5 Å². The van der Waals surface area contributed by atoms with E-state index in [4.69, 9.17) is 0 Å². The minimum Gasteiger partial charge on any atom is -0.353 e. The number of hydrogen-bond acceptors (Lipinski definition) is 4. The smallest absolute Gasteiger partial charge is 0.242 e. The molecule has 0 aliphatic carbocycles. The van der Waals surface area contributed by atoms with Gasteiger partial charge in [0.1, 0.15) is 0 Å². The van der Waals surface area contributed by atoms with E-state index in [1.54, 1.807) is 29.5 Å². The molecule has 1 aromatic carbocycles. The standard InChI is InChI=1S/C16H16N2O3S2/c1-10-4-7-15(22-10)16-13(9-19)12-8-11(5-6-14(12)17-16)23(20,21)18(2)3/h4-9,17H,1-3H3. The maximum absolute atomic E-state index is 12.3. The van der Waals surface area contributed by atoms with Crippen molar-refractivity contribution >= 4 is 38.5 Å². The van der Waals surface area contributed by atoms with Gasteiger partial charge in [-0.1, -0.05) is 0 Å². The Morgan fingerprint density at radius 3 is 2.48 bits per heavy atom. The van der Waals surface area contributed by atoms with E-state index in [0.717, 1.165) is 31.6 Å². The Labute approximate surface area is 138 Å². The number of nitrogens with one attached hydrogen (secondary N) is 1. The number of aldehydes is 1.